The summed E-state index contributed by atoms with van der Waals surface area (Å²) in [5.41, 5.74) is 7.93. The van der Waals surface area contributed by atoms with E-state index in [2.05, 4.69) is 5.32 Å². The number of nitrogens with zero attached hydrogens (tertiary/aromatic N) is 1. The Morgan fingerprint density at radius 3 is 2.15 bits per heavy atom. The minimum absolute atomic E-state index is 0.0216. The summed E-state index contributed by atoms with van der Waals surface area (Å²) < 4.78 is 27.6. The first-order valence-electron chi connectivity index (χ1n) is 12.3. The predicted molar refractivity (Wildman–Crippen MR) is 128 cm³/mol. The van der Waals surface area contributed by atoms with Gasteiger partial charge in [-0.3, -0.25) is 9.59 Å². The summed E-state index contributed by atoms with van der Waals surface area (Å²) in [7, 11) is 0. The molecule has 2 aromatic rings. The molecule has 2 aromatic carbocycles. The average Bonchev–Trinajstić information content (AvgIpc) is 2.83. The van der Waals surface area contributed by atoms with Crippen molar-refractivity contribution in [2.75, 3.05) is 5.32 Å². The van der Waals surface area contributed by atoms with Crippen LogP contribution in [-0.4, -0.2) is 28.8 Å². The topological polar surface area (TPSA) is 75.4 Å². The van der Waals surface area contributed by atoms with Crippen LogP contribution in [0.4, 0.5) is 14.5 Å². The summed E-state index contributed by atoms with van der Waals surface area (Å²) in [4.78, 5) is 27.5. The Kier molecular flexibility index (Phi) is 7.93. The van der Waals surface area contributed by atoms with Crippen molar-refractivity contribution in [2.45, 2.75) is 76.4 Å². The van der Waals surface area contributed by atoms with Gasteiger partial charge in [0.25, 0.3) is 5.91 Å². The van der Waals surface area contributed by atoms with Crippen molar-refractivity contribution in [3.8, 4) is 0 Å². The number of anilines is 1. The number of carbonyl (C=O) groups excluding carboxylic acids is 2. The van der Waals surface area contributed by atoms with Crippen LogP contribution in [-0.2, 0) is 11.3 Å². The molecule has 0 aliphatic heterocycles. The van der Waals surface area contributed by atoms with E-state index in [9.17, 15) is 18.4 Å². The largest absolute Gasteiger partial charge is 0.330 e. The molecule has 0 heterocycles. The number of carbonyl (C=O) groups is 2. The second-order valence-corrected chi connectivity index (χ2v) is 9.63. The van der Waals surface area contributed by atoms with Crippen molar-refractivity contribution in [1.29, 1.82) is 0 Å². The van der Waals surface area contributed by atoms with E-state index < -0.39 is 17.5 Å². The average molecular weight is 470 g/mol. The fourth-order valence-corrected chi connectivity index (χ4v) is 5.21. The first-order valence-corrected chi connectivity index (χ1v) is 12.3. The van der Waals surface area contributed by atoms with Gasteiger partial charge in [0, 0.05) is 41.9 Å². The van der Waals surface area contributed by atoms with Crippen molar-refractivity contribution >= 4 is 17.5 Å². The lowest BCUT2D eigenvalue weighted by Gasteiger charge is -2.38. The third-order valence-electron chi connectivity index (χ3n) is 7.10. The summed E-state index contributed by atoms with van der Waals surface area (Å²) >= 11 is 0. The molecule has 3 N–H and O–H groups in total. The van der Waals surface area contributed by atoms with Crippen molar-refractivity contribution in [3.63, 3.8) is 0 Å². The molecule has 2 aliphatic rings. The fourth-order valence-electron chi connectivity index (χ4n) is 5.21. The van der Waals surface area contributed by atoms with Crippen LogP contribution in [0.1, 0.15) is 73.7 Å². The molecular weight excluding hydrogens is 436 g/mol. The standard InChI is InChI=1S/C27H33F2N3O2/c28-21-14-20(15-22(29)16-21)27(34)32(25-9-5-4-8-24(25)30)17-18-10-12-23(13-11-18)31-26(33)19-6-2-1-3-7-19/h10-16,19,24-25H,1-9,17,30H2,(H,31,33). The maximum Gasteiger partial charge on any atom is 0.254 e. The number of nitrogens with two attached hydrogens (primary N) is 1. The molecule has 2 amide bonds. The number of nitrogens with one attached hydrogen (secondary N) is 1. The summed E-state index contributed by atoms with van der Waals surface area (Å²) in [6.07, 6.45) is 8.76. The number of hydrogen-bond acceptors (Lipinski definition) is 3. The van der Waals surface area contributed by atoms with Crippen LogP contribution < -0.4 is 11.1 Å². The van der Waals surface area contributed by atoms with E-state index in [1.165, 1.54) is 6.42 Å². The lowest BCUT2D eigenvalue weighted by molar-refractivity contribution is -0.120. The van der Waals surface area contributed by atoms with Crippen LogP contribution in [0.15, 0.2) is 42.5 Å². The third kappa shape index (κ3) is 6.00. The van der Waals surface area contributed by atoms with Gasteiger partial charge in [0.05, 0.1) is 0 Å². The summed E-state index contributed by atoms with van der Waals surface area (Å²) in [5, 5.41) is 3.00. The van der Waals surface area contributed by atoms with E-state index in [-0.39, 0.29) is 36.0 Å². The molecule has 2 fully saturated rings. The van der Waals surface area contributed by atoms with E-state index in [1.54, 1.807) is 4.90 Å². The monoisotopic (exact) mass is 469 g/mol. The molecule has 2 saturated carbocycles. The number of rotatable bonds is 6. The molecule has 7 heteroatoms. The Morgan fingerprint density at radius 2 is 1.50 bits per heavy atom. The molecule has 5 nitrogen and oxygen atoms in total. The Bertz CT molecular complexity index is 985. The van der Waals surface area contributed by atoms with Gasteiger partial charge >= 0.3 is 0 Å². The number of halogens is 2. The zero-order valence-electron chi connectivity index (χ0n) is 19.4. The van der Waals surface area contributed by atoms with Gasteiger partial charge in [0.15, 0.2) is 0 Å². The molecule has 2 unspecified atom stereocenters. The number of benzene rings is 2. The Balaban J connectivity index is 1.50. The predicted octanol–water partition coefficient (Wildman–Crippen LogP) is 5.40. The van der Waals surface area contributed by atoms with Crippen molar-refractivity contribution in [3.05, 3.63) is 65.2 Å². The van der Waals surface area contributed by atoms with Gasteiger partial charge in [-0.25, -0.2) is 8.78 Å². The molecule has 0 radical (unpaired) electrons. The minimum atomic E-state index is -0.783. The molecule has 4 rings (SSSR count). The zero-order valence-corrected chi connectivity index (χ0v) is 19.4. The van der Waals surface area contributed by atoms with Gasteiger partial charge in [0.2, 0.25) is 5.91 Å². The van der Waals surface area contributed by atoms with Gasteiger partial charge in [-0.15, -0.1) is 0 Å². The lowest BCUT2D eigenvalue weighted by atomic mass is 9.88. The second kappa shape index (κ2) is 11.1. The van der Waals surface area contributed by atoms with Crippen molar-refractivity contribution < 1.29 is 18.4 Å². The van der Waals surface area contributed by atoms with Crippen molar-refractivity contribution in [2.24, 2.45) is 11.7 Å². The Hall–Kier alpha value is -2.80. The number of hydrogen-bond donors (Lipinski definition) is 2. The quantitative estimate of drug-likeness (QED) is 0.595. The number of amides is 2. The van der Waals surface area contributed by atoms with E-state index in [0.717, 1.165) is 80.8 Å². The van der Waals surface area contributed by atoms with Gasteiger partial charge in [-0.1, -0.05) is 44.2 Å². The van der Waals surface area contributed by atoms with Crippen LogP contribution in [0.2, 0.25) is 0 Å². The molecule has 2 aliphatic carbocycles. The highest BCUT2D eigenvalue weighted by Gasteiger charge is 2.32. The van der Waals surface area contributed by atoms with Crippen LogP contribution in [0, 0.1) is 17.6 Å². The highest BCUT2D eigenvalue weighted by Crippen LogP contribution is 2.27. The fraction of sp³-hybridized carbons (Fsp3) is 0.481. The SMILES string of the molecule is NC1CCCCC1N(Cc1ccc(NC(=O)C2CCCCC2)cc1)C(=O)c1cc(F)cc(F)c1. The van der Waals surface area contributed by atoms with Crippen LogP contribution >= 0.6 is 0 Å². The summed E-state index contributed by atoms with van der Waals surface area (Å²) in [6, 6.07) is 9.90. The van der Waals surface area contributed by atoms with Crippen LogP contribution in [0.25, 0.3) is 0 Å². The maximum absolute atomic E-state index is 13.8. The van der Waals surface area contributed by atoms with E-state index in [4.69, 9.17) is 5.73 Å². The lowest BCUT2D eigenvalue weighted by Crippen LogP contribution is -2.51. The molecule has 182 valence electrons. The molecule has 0 saturated heterocycles. The van der Waals surface area contributed by atoms with Gasteiger partial charge in [-0.2, -0.15) is 0 Å². The molecule has 34 heavy (non-hydrogen) atoms. The van der Waals surface area contributed by atoms with Crippen LogP contribution in [0.3, 0.4) is 0 Å². The van der Waals surface area contributed by atoms with Gasteiger partial charge < -0.3 is 16.0 Å². The first kappa shape index (κ1) is 24.3. The highest BCUT2D eigenvalue weighted by atomic mass is 19.1. The minimum Gasteiger partial charge on any atom is -0.330 e. The van der Waals surface area contributed by atoms with E-state index in [1.807, 2.05) is 24.3 Å². The van der Waals surface area contributed by atoms with Gasteiger partial charge in [0.1, 0.15) is 11.6 Å². The van der Waals surface area contributed by atoms with Gasteiger partial charge in [-0.05, 0) is 55.5 Å². The van der Waals surface area contributed by atoms with E-state index in [0.29, 0.717) is 0 Å². The molecule has 2 atom stereocenters. The Labute approximate surface area is 199 Å². The Morgan fingerprint density at radius 1 is 0.882 bits per heavy atom. The molecule has 0 bridgehead atoms. The maximum atomic E-state index is 13.8. The normalized spacial score (nSPS) is 21.1. The van der Waals surface area contributed by atoms with Crippen molar-refractivity contribution in [1.82, 2.24) is 4.90 Å². The van der Waals surface area contributed by atoms with Crippen LogP contribution in [0.5, 0.6) is 0 Å². The first-order chi connectivity index (χ1) is 16.4. The highest BCUT2D eigenvalue weighted by molar-refractivity contribution is 5.94. The van der Waals surface area contributed by atoms with E-state index >= 15 is 0 Å². The molecule has 0 aromatic heterocycles. The third-order valence-corrected chi connectivity index (χ3v) is 7.10. The smallest absolute Gasteiger partial charge is 0.254 e. The summed E-state index contributed by atoms with van der Waals surface area (Å²) in [5.74, 6) is -1.87. The second-order valence-electron chi connectivity index (χ2n) is 9.63. The molecular formula is C27H33F2N3O2. The zero-order chi connectivity index (χ0) is 24.1. The molecule has 0 spiro atoms. The summed E-state index contributed by atoms with van der Waals surface area (Å²) in [6.45, 7) is 0.270.